The minimum Gasteiger partial charge on any atom is -0.404 e. The van der Waals surface area contributed by atoms with E-state index in [-0.39, 0.29) is 0 Å². The number of rotatable bonds is 1. The number of ether oxygens (including phenoxy) is 1. The van der Waals surface area contributed by atoms with Gasteiger partial charge in [0.2, 0.25) is 0 Å². The van der Waals surface area contributed by atoms with Crippen molar-refractivity contribution in [2.75, 3.05) is 0 Å². The second kappa shape index (κ2) is 5.63. The molecule has 3 N–H and O–H groups in total. The standard InChI is InChI=1S/C10H15NO4/c1-11-10(14)15-9-5-4-7(12)2-3-8(13)6-9/h4-5,7-9,12-13H,1-3,6H2/p+1. The molecule has 1 aliphatic rings. The fourth-order valence-corrected chi connectivity index (χ4v) is 1.44. The van der Waals surface area contributed by atoms with Gasteiger partial charge in [-0.15, -0.1) is 4.99 Å². The molecule has 0 heterocycles. The molecule has 0 saturated carbocycles. The van der Waals surface area contributed by atoms with E-state index in [0.29, 0.717) is 19.3 Å². The van der Waals surface area contributed by atoms with Gasteiger partial charge in [0.15, 0.2) is 0 Å². The van der Waals surface area contributed by atoms with Crippen LogP contribution in [0.3, 0.4) is 0 Å². The Morgan fingerprint density at radius 2 is 2.13 bits per heavy atom. The molecule has 1 aliphatic carbocycles. The monoisotopic (exact) mass is 214 g/mol. The first kappa shape index (κ1) is 11.9. The molecule has 3 atom stereocenters. The van der Waals surface area contributed by atoms with E-state index in [9.17, 15) is 15.0 Å². The Labute approximate surface area is 88.1 Å². The predicted molar refractivity (Wildman–Crippen MR) is 53.4 cm³/mol. The molecule has 84 valence electrons. The quantitative estimate of drug-likeness (QED) is 0.376. The van der Waals surface area contributed by atoms with Crippen LogP contribution in [0.1, 0.15) is 19.3 Å². The van der Waals surface area contributed by atoms with Gasteiger partial charge in [-0.3, -0.25) is 0 Å². The van der Waals surface area contributed by atoms with Gasteiger partial charge < -0.3 is 14.9 Å². The van der Waals surface area contributed by atoms with Crippen molar-refractivity contribution in [1.29, 1.82) is 0 Å². The van der Waals surface area contributed by atoms with E-state index in [1.165, 1.54) is 0 Å². The van der Waals surface area contributed by atoms with Crippen LogP contribution >= 0.6 is 0 Å². The zero-order chi connectivity index (χ0) is 11.3. The second-order valence-electron chi connectivity index (χ2n) is 3.54. The maximum Gasteiger partial charge on any atom is 0.594 e. The largest absolute Gasteiger partial charge is 0.594 e. The number of hydrogen-bond donors (Lipinski definition) is 3. The van der Waals surface area contributed by atoms with Gasteiger partial charge in [0.05, 0.1) is 12.2 Å². The Morgan fingerprint density at radius 3 is 2.80 bits per heavy atom. The molecular formula is C10H16NO4+. The summed E-state index contributed by atoms with van der Waals surface area (Å²) in [7, 11) is 0. The molecule has 1 rings (SSSR count). The second-order valence-corrected chi connectivity index (χ2v) is 3.54. The summed E-state index contributed by atoms with van der Waals surface area (Å²) in [5, 5.41) is 18.9. The zero-order valence-electron chi connectivity index (χ0n) is 8.43. The van der Waals surface area contributed by atoms with Gasteiger partial charge in [-0.05, 0) is 18.9 Å². The first-order chi connectivity index (χ1) is 7.11. The number of aliphatic hydroxyl groups is 2. The van der Waals surface area contributed by atoms with Gasteiger partial charge in [0, 0.05) is 6.42 Å². The van der Waals surface area contributed by atoms with Crippen LogP contribution in [0.5, 0.6) is 0 Å². The highest BCUT2D eigenvalue weighted by molar-refractivity contribution is 5.57. The van der Waals surface area contributed by atoms with Crippen molar-refractivity contribution >= 4 is 12.8 Å². The van der Waals surface area contributed by atoms with Crippen LogP contribution in [0.15, 0.2) is 12.2 Å². The lowest BCUT2D eigenvalue weighted by molar-refractivity contribution is -0.360. The molecule has 15 heavy (non-hydrogen) atoms. The smallest absolute Gasteiger partial charge is 0.404 e. The molecule has 3 unspecified atom stereocenters. The molecule has 0 aliphatic heterocycles. The number of aliphatic hydroxyl groups excluding tert-OH is 2. The van der Waals surface area contributed by atoms with E-state index >= 15 is 0 Å². The summed E-state index contributed by atoms with van der Waals surface area (Å²) in [4.78, 5) is 13.0. The molecule has 0 aromatic rings. The van der Waals surface area contributed by atoms with Crippen LogP contribution < -0.4 is 4.99 Å². The van der Waals surface area contributed by atoms with Crippen molar-refractivity contribution < 1.29 is 24.7 Å². The van der Waals surface area contributed by atoms with Crippen molar-refractivity contribution in [3.05, 3.63) is 12.2 Å². The van der Waals surface area contributed by atoms with E-state index in [1.54, 1.807) is 12.2 Å². The third kappa shape index (κ3) is 4.22. The van der Waals surface area contributed by atoms with E-state index in [1.807, 2.05) is 0 Å². The minimum absolute atomic E-state index is 0.344. The molecular weight excluding hydrogens is 198 g/mol. The number of carbonyl (C=O) groups is 1. The lowest BCUT2D eigenvalue weighted by atomic mass is 10.00. The summed E-state index contributed by atoms with van der Waals surface area (Å²) in [5.74, 6) is 0. The highest BCUT2D eigenvalue weighted by atomic mass is 16.6. The average molecular weight is 214 g/mol. The highest BCUT2D eigenvalue weighted by Crippen LogP contribution is 2.15. The van der Waals surface area contributed by atoms with E-state index < -0.39 is 24.4 Å². The number of nitrogens with one attached hydrogen (secondary N) is 1. The fraction of sp³-hybridized carbons (Fsp3) is 0.600. The highest BCUT2D eigenvalue weighted by Gasteiger charge is 2.21. The molecule has 0 saturated heterocycles. The van der Waals surface area contributed by atoms with Gasteiger partial charge in [0.25, 0.3) is 0 Å². The summed E-state index contributed by atoms with van der Waals surface area (Å²) >= 11 is 0. The molecule has 5 heteroatoms. The van der Waals surface area contributed by atoms with Gasteiger partial charge >= 0.3 is 6.09 Å². The van der Waals surface area contributed by atoms with Crippen molar-refractivity contribution in [2.24, 2.45) is 0 Å². The summed E-state index contributed by atoms with van der Waals surface area (Å²) < 4.78 is 4.92. The van der Waals surface area contributed by atoms with Crippen molar-refractivity contribution in [3.63, 3.8) is 0 Å². The van der Waals surface area contributed by atoms with Crippen molar-refractivity contribution in [2.45, 2.75) is 37.6 Å². The Morgan fingerprint density at radius 1 is 1.40 bits per heavy atom. The van der Waals surface area contributed by atoms with Crippen LogP contribution in [0, 0.1) is 0 Å². The van der Waals surface area contributed by atoms with E-state index in [2.05, 4.69) is 11.7 Å². The molecule has 5 nitrogen and oxygen atoms in total. The van der Waals surface area contributed by atoms with Crippen molar-refractivity contribution in [3.8, 4) is 0 Å². The molecule has 0 spiro atoms. The SMILES string of the molecule is C=[NH+]C(=O)OC1C=CC(O)CCC(O)C1. The molecule has 0 radical (unpaired) electrons. The Balaban J connectivity index is 2.59. The van der Waals surface area contributed by atoms with E-state index in [0.717, 1.165) is 0 Å². The van der Waals surface area contributed by atoms with Crippen LogP contribution in [0.25, 0.3) is 0 Å². The molecule has 0 bridgehead atoms. The van der Waals surface area contributed by atoms with Crippen LogP contribution in [-0.4, -0.2) is 41.3 Å². The Hall–Kier alpha value is -1.20. The summed E-state index contributed by atoms with van der Waals surface area (Å²) in [6.45, 7) is 3.17. The molecule has 0 aromatic heterocycles. The number of amides is 1. The summed E-state index contributed by atoms with van der Waals surface area (Å²) in [5.41, 5.74) is 0. The zero-order valence-corrected chi connectivity index (χ0v) is 8.43. The van der Waals surface area contributed by atoms with E-state index in [4.69, 9.17) is 4.74 Å². The first-order valence-electron chi connectivity index (χ1n) is 4.90. The van der Waals surface area contributed by atoms with Crippen LogP contribution in [-0.2, 0) is 4.74 Å². The summed E-state index contributed by atoms with van der Waals surface area (Å²) in [6.07, 6.45) is 2.21. The fourth-order valence-electron chi connectivity index (χ4n) is 1.44. The lowest BCUT2D eigenvalue weighted by Crippen LogP contribution is -2.71. The first-order valence-corrected chi connectivity index (χ1v) is 4.90. The molecule has 0 fully saturated rings. The van der Waals surface area contributed by atoms with Crippen LogP contribution in [0.4, 0.5) is 4.79 Å². The van der Waals surface area contributed by atoms with Gasteiger partial charge in [0.1, 0.15) is 12.8 Å². The maximum atomic E-state index is 10.9. The van der Waals surface area contributed by atoms with Gasteiger partial charge in [-0.1, -0.05) is 6.08 Å². The lowest BCUT2D eigenvalue weighted by Gasteiger charge is -2.19. The van der Waals surface area contributed by atoms with Crippen LogP contribution in [0.2, 0.25) is 0 Å². The predicted octanol–water partition coefficient (Wildman–Crippen LogP) is -1.27. The average Bonchev–Trinajstić information content (AvgIpc) is 2.20. The number of hydrogen-bond acceptors (Lipinski definition) is 4. The minimum atomic E-state index is -0.646. The topological polar surface area (TPSA) is 80.7 Å². The Bertz CT molecular complexity index is 264. The molecule has 0 aromatic carbocycles. The molecule has 1 amide bonds. The normalized spacial score (nSPS) is 31.5. The van der Waals surface area contributed by atoms with Gasteiger partial charge in [-0.25, -0.2) is 0 Å². The summed E-state index contributed by atoms with van der Waals surface area (Å²) in [6, 6.07) is 0. The Kier molecular flexibility index (Phi) is 4.45. The maximum absolute atomic E-state index is 10.9. The third-order valence-electron chi connectivity index (χ3n) is 2.25. The van der Waals surface area contributed by atoms with Crippen molar-refractivity contribution in [1.82, 2.24) is 0 Å². The number of carbonyl (C=O) groups excluding carboxylic acids is 1. The van der Waals surface area contributed by atoms with Gasteiger partial charge in [-0.2, -0.15) is 4.79 Å². The third-order valence-corrected chi connectivity index (χ3v) is 2.25.